The number of ether oxygens (including phenoxy) is 2. The molecule has 2 heterocycles. The van der Waals surface area contributed by atoms with Gasteiger partial charge in [-0.3, -0.25) is 5.10 Å². The molecule has 2 N–H and O–H groups in total. The maximum Gasteiger partial charge on any atom is 0.161 e. The van der Waals surface area contributed by atoms with Crippen LogP contribution >= 0.6 is 11.6 Å². The fourth-order valence-corrected chi connectivity index (χ4v) is 3.33. The molecular weight excluding hydrogens is 352 g/mol. The van der Waals surface area contributed by atoms with Crippen LogP contribution in [0.5, 0.6) is 17.2 Å². The predicted octanol–water partition coefficient (Wildman–Crippen LogP) is 5.00. The van der Waals surface area contributed by atoms with Gasteiger partial charge in [0, 0.05) is 21.8 Å². The Labute approximate surface area is 156 Å². The number of phenols is 1. The highest BCUT2D eigenvalue weighted by Gasteiger charge is 2.23. The summed E-state index contributed by atoms with van der Waals surface area (Å²) < 4.78 is 11.3. The Morgan fingerprint density at radius 1 is 1.08 bits per heavy atom. The van der Waals surface area contributed by atoms with Crippen molar-refractivity contribution in [2.45, 2.75) is 19.8 Å². The van der Waals surface area contributed by atoms with Crippen LogP contribution < -0.4 is 9.47 Å². The summed E-state index contributed by atoms with van der Waals surface area (Å²) in [6.45, 7) is 5.27. The van der Waals surface area contributed by atoms with Crippen LogP contribution in [0, 0.1) is 0 Å². The summed E-state index contributed by atoms with van der Waals surface area (Å²) in [5.41, 5.74) is 4.10. The second-order valence-electron chi connectivity index (χ2n) is 6.54. The third kappa shape index (κ3) is 2.88. The lowest BCUT2D eigenvalue weighted by Gasteiger charge is -2.19. The van der Waals surface area contributed by atoms with E-state index >= 15 is 0 Å². The fraction of sp³-hybridized carbons (Fsp3) is 0.250. The number of benzene rings is 2. The highest BCUT2D eigenvalue weighted by Crippen LogP contribution is 2.43. The van der Waals surface area contributed by atoms with Gasteiger partial charge in [0.1, 0.15) is 24.7 Å². The van der Waals surface area contributed by atoms with E-state index in [4.69, 9.17) is 21.1 Å². The van der Waals surface area contributed by atoms with E-state index in [1.54, 1.807) is 18.2 Å². The number of aromatic hydroxyl groups is 1. The number of halogens is 1. The summed E-state index contributed by atoms with van der Waals surface area (Å²) in [7, 11) is 0. The third-order valence-electron chi connectivity index (χ3n) is 4.42. The van der Waals surface area contributed by atoms with Crippen molar-refractivity contribution in [2.24, 2.45) is 0 Å². The molecule has 0 unspecified atom stereocenters. The lowest BCUT2D eigenvalue weighted by molar-refractivity contribution is 0.171. The molecule has 134 valence electrons. The van der Waals surface area contributed by atoms with Crippen LogP contribution in [0.2, 0.25) is 5.02 Å². The van der Waals surface area contributed by atoms with E-state index in [2.05, 4.69) is 24.0 Å². The molecule has 0 amide bonds. The van der Waals surface area contributed by atoms with E-state index in [1.165, 1.54) is 0 Å². The van der Waals surface area contributed by atoms with E-state index in [0.717, 1.165) is 22.6 Å². The topological polar surface area (TPSA) is 67.4 Å². The molecule has 2 aromatic carbocycles. The summed E-state index contributed by atoms with van der Waals surface area (Å²) in [6.07, 6.45) is 0. The van der Waals surface area contributed by atoms with Crippen LogP contribution in [0.25, 0.3) is 22.4 Å². The van der Waals surface area contributed by atoms with Crippen LogP contribution in [-0.4, -0.2) is 28.5 Å². The lowest BCUT2D eigenvalue weighted by atomic mass is 9.94. The minimum Gasteiger partial charge on any atom is -0.507 e. The van der Waals surface area contributed by atoms with Crippen LogP contribution in [0.4, 0.5) is 0 Å². The molecule has 4 rings (SSSR count). The second kappa shape index (κ2) is 6.57. The highest BCUT2D eigenvalue weighted by molar-refractivity contribution is 6.31. The average molecular weight is 371 g/mol. The first-order valence-corrected chi connectivity index (χ1v) is 8.89. The molecule has 0 saturated heterocycles. The summed E-state index contributed by atoms with van der Waals surface area (Å²) in [5.74, 6) is 1.81. The van der Waals surface area contributed by atoms with Gasteiger partial charge in [0.2, 0.25) is 0 Å². The molecule has 0 aliphatic carbocycles. The van der Waals surface area contributed by atoms with Gasteiger partial charge < -0.3 is 14.6 Å². The number of hydrogen-bond acceptors (Lipinski definition) is 4. The first-order valence-electron chi connectivity index (χ1n) is 8.51. The molecule has 1 aliphatic rings. The zero-order valence-corrected chi connectivity index (χ0v) is 15.3. The van der Waals surface area contributed by atoms with Crippen molar-refractivity contribution in [3.63, 3.8) is 0 Å². The van der Waals surface area contributed by atoms with Gasteiger partial charge in [-0.1, -0.05) is 31.5 Å². The Bertz CT molecular complexity index is 966. The van der Waals surface area contributed by atoms with Crippen LogP contribution in [0.15, 0.2) is 36.4 Å². The summed E-state index contributed by atoms with van der Waals surface area (Å²) in [5, 5.41) is 18.5. The number of rotatable bonds is 3. The molecule has 0 atom stereocenters. The second-order valence-corrected chi connectivity index (χ2v) is 6.97. The van der Waals surface area contributed by atoms with Crippen molar-refractivity contribution >= 4 is 11.6 Å². The van der Waals surface area contributed by atoms with Crippen molar-refractivity contribution in [1.29, 1.82) is 0 Å². The maximum absolute atomic E-state index is 10.3. The van der Waals surface area contributed by atoms with E-state index < -0.39 is 0 Å². The first-order chi connectivity index (χ1) is 12.5. The molecule has 1 aromatic heterocycles. The van der Waals surface area contributed by atoms with E-state index in [0.29, 0.717) is 35.2 Å². The molecule has 5 nitrogen and oxygen atoms in total. The summed E-state index contributed by atoms with van der Waals surface area (Å²) in [4.78, 5) is 0. The van der Waals surface area contributed by atoms with E-state index in [9.17, 15) is 5.11 Å². The minimum atomic E-state index is 0.134. The number of aromatic nitrogens is 2. The number of fused-ring (bicyclic) bond motifs is 1. The largest absolute Gasteiger partial charge is 0.507 e. The SMILES string of the molecule is CC(C)c1[nH]nc(-c2cc(Cl)ccc2O)c1-c1ccc2c(c1)OCCO2. The molecule has 6 heteroatoms. The van der Waals surface area contributed by atoms with Gasteiger partial charge in [0.15, 0.2) is 11.5 Å². The number of nitrogens with zero attached hydrogens (tertiary/aromatic N) is 1. The standard InChI is InChI=1S/C20H19ClN2O3/c1-11(2)19-18(12-3-6-16-17(9-12)26-8-7-25-16)20(23-22-19)14-10-13(21)4-5-15(14)24/h3-6,9-11,24H,7-8H2,1-2H3,(H,22,23). The number of aromatic amines is 1. The van der Waals surface area contributed by atoms with Crippen LogP contribution in [0.3, 0.4) is 0 Å². The quantitative estimate of drug-likeness (QED) is 0.681. The monoisotopic (exact) mass is 370 g/mol. The molecule has 0 spiro atoms. The number of H-pyrrole nitrogens is 1. The number of phenolic OH excluding ortho intramolecular Hbond substituents is 1. The highest BCUT2D eigenvalue weighted by atomic mass is 35.5. The Hall–Kier alpha value is -2.66. The Morgan fingerprint density at radius 2 is 1.85 bits per heavy atom. The zero-order chi connectivity index (χ0) is 18.3. The van der Waals surface area contributed by atoms with E-state index in [-0.39, 0.29) is 11.7 Å². The van der Waals surface area contributed by atoms with Gasteiger partial charge in [-0.25, -0.2) is 0 Å². The van der Waals surface area contributed by atoms with Crippen molar-refractivity contribution in [3.8, 4) is 39.6 Å². The maximum atomic E-state index is 10.3. The van der Waals surface area contributed by atoms with Crippen LogP contribution in [-0.2, 0) is 0 Å². The van der Waals surface area contributed by atoms with Crippen LogP contribution in [0.1, 0.15) is 25.5 Å². The first kappa shape index (κ1) is 16.8. The molecule has 1 aliphatic heterocycles. The average Bonchev–Trinajstić information content (AvgIpc) is 3.08. The Kier molecular flexibility index (Phi) is 4.24. The lowest BCUT2D eigenvalue weighted by Crippen LogP contribution is -2.15. The zero-order valence-electron chi connectivity index (χ0n) is 14.5. The Balaban J connectivity index is 1.92. The van der Waals surface area contributed by atoms with Gasteiger partial charge in [0.25, 0.3) is 0 Å². The van der Waals surface area contributed by atoms with Crippen molar-refractivity contribution in [3.05, 3.63) is 47.1 Å². The normalized spacial score (nSPS) is 13.2. The van der Waals surface area contributed by atoms with E-state index in [1.807, 2.05) is 18.2 Å². The van der Waals surface area contributed by atoms with Gasteiger partial charge in [0.05, 0.1) is 0 Å². The molecule has 0 saturated carbocycles. The smallest absolute Gasteiger partial charge is 0.161 e. The number of hydrogen-bond donors (Lipinski definition) is 2. The van der Waals surface area contributed by atoms with Gasteiger partial charge in [-0.2, -0.15) is 5.10 Å². The summed E-state index contributed by atoms with van der Waals surface area (Å²) >= 11 is 6.14. The van der Waals surface area contributed by atoms with Crippen molar-refractivity contribution in [1.82, 2.24) is 10.2 Å². The van der Waals surface area contributed by atoms with Crippen molar-refractivity contribution in [2.75, 3.05) is 13.2 Å². The Morgan fingerprint density at radius 3 is 2.62 bits per heavy atom. The molecule has 3 aromatic rings. The minimum absolute atomic E-state index is 0.134. The molecular formula is C20H19ClN2O3. The van der Waals surface area contributed by atoms with Gasteiger partial charge in [-0.15, -0.1) is 0 Å². The molecule has 26 heavy (non-hydrogen) atoms. The third-order valence-corrected chi connectivity index (χ3v) is 4.65. The predicted molar refractivity (Wildman–Crippen MR) is 101 cm³/mol. The fourth-order valence-electron chi connectivity index (χ4n) is 3.16. The molecule has 0 bridgehead atoms. The molecule has 0 radical (unpaired) electrons. The summed E-state index contributed by atoms with van der Waals surface area (Å²) in [6, 6.07) is 10.8. The number of nitrogens with one attached hydrogen (secondary N) is 1. The van der Waals surface area contributed by atoms with Gasteiger partial charge in [-0.05, 0) is 41.8 Å². The van der Waals surface area contributed by atoms with Gasteiger partial charge >= 0.3 is 0 Å². The van der Waals surface area contributed by atoms with Crippen molar-refractivity contribution < 1.29 is 14.6 Å². The molecule has 0 fully saturated rings.